The molecule has 2 rings (SSSR count). The van der Waals surface area contributed by atoms with Gasteiger partial charge in [0.05, 0.1) is 0 Å². The third-order valence-electron chi connectivity index (χ3n) is 4.09. The summed E-state index contributed by atoms with van der Waals surface area (Å²) >= 11 is 0. The van der Waals surface area contributed by atoms with E-state index in [4.69, 9.17) is 0 Å². The van der Waals surface area contributed by atoms with Crippen LogP contribution in [0, 0.1) is 26.6 Å². The molecule has 0 radical (unpaired) electrons. The van der Waals surface area contributed by atoms with Crippen LogP contribution in [0.15, 0.2) is 36.4 Å². The van der Waals surface area contributed by atoms with Gasteiger partial charge in [0.2, 0.25) is 0 Å². The van der Waals surface area contributed by atoms with E-state index >= 15 is 0 Å². The lowest BCUT2D eigenvalue weighted by Gasteiger charge is -2.22. The van der Waals surface area contributed by atoms with E-state index in [1.807, 2.05) is 12.1 Å². The fourth-order valence-electron chi connectivity index (χ4n) is 2.75. The molecule has 2 atom stereocenters. The number of nitrogens with one attached hydrogen (secondary N) is 1. The molecule has 0 bridgehead atoms. The monoisotopic (exact) mass is 285 g/mol. The molecule has 0 saturated carbocycles. The van der Waals surface area contributed by atoms with E-state index in [9.17, 15) is 4.39 Å². The van der Waals surface area contributed by atoms with Crippen molar-refractivity contribution >= 4 is 0 Å². The van der Waals surface area contributed by atoms with E-state index in [-0.39, 0.29) is 17.9 Å². The number of rotatable bonds is 4. The van der Waals surface area contributed by atoms with Crippen LogP contribution in [0.25, 0.3) is 0 Å². The highest BCUT2D eigenvalue weighted by Gasteiger charge is 2.13. The second-order valence-corrected chi connectivity index (χ2v) is 5.98. The first-order valence-electron chi connectivity index (χ1n) is 7.47. The van der Waals surface area contributed by atoms with E-state index in [1.54, 1.807) is 13.0 Å². The van der Waals surface area contributed by atoms with Crippen molar-refractivity contribution < 1.29 is 4.39 Å². The molecule has 2 heteroatoms. The lowest BCUT2D eigenvalue weighted by Crippen LogP contribution is -2.23. The molecule has 0 aromatic heterocycles. The van der Waals surface area contributed by atoms with Crippen molar-refractivity contribution in [1.82, 2.24) is 5.32 Å². The highest BCUT2D eigenvalue weighted by atomic mass is 19.1. The Hall–Kier alpha value is -1.67. The van der Waals surface area contributed by atoms with Gasteiger partial charge in [-0.1, -0.05) is 35.9 Å². The molecule has 0 amide bonds. The topological polar surface area (TPSA) is 12.0 Å². The van der Waals surface area contributed by atoms with E-state index in [1.165, 1.54) is 16.7 Å². The summed E-state index contributed by atoms with van der Waals surface area (Å²) in [5.41, 5.74) is 5.53. The zero-order valence-corrected chi connectivity index (χ0v) is 13.5. The molecule has 0 saturated heterocycles. The van der Waals surface area contributed by atoms with Crippen LogP contribution in [-0.2, 0) is 0 Å². The largest absolute Gasteiger partial charge is 0.304 e. The van der Waals surface area contributed by atoms with Crippen LogP contribution in [0.2, 0.25) is 0 Å². The van der Waals surface area contributed by atoms with Gasteiger partial charge in [-0.15, -0.1) is 0 Å². The molecule has 0 aliphatic carbocycles. The SMILES string of the molecule is Cc1ccc(C(C)NC(C)c2ccc(C)c(F)c2)c(C)c1. The van der Waals surface area contributed by atoms with Crippen LogP contribution in [0.4, 0.5) is 4.39 Å². The first-order chi connectivity index (χ1) is 9.88. The summed E-state index contributed by atoms with van der Waals surface area (Å²) in [7, 11) is 0. The van der Waals surface area contributed by atoms with Gasteiger partial charge in [-0.05, 0) is 62.9 Å². The number of benzene rings is 2. The van der Waals surface area contributed by atoms with Gasteiger partial charge in [0.25, 0.3) is 0 Å². The van der Waals surface area contributed by atoms with E-state index < -0.39 is 0 Å². The minimum atomic E-state index is -0.139. The summed E-state index contributed by atoms with van der Waals surface area (Å²) in [6.07, 6.45) is 0. The van der Waals surface area contributed by atoms with Crippen LogP contribution in [0.1, 0.15) is 53.7 Å². The quantitative estimate of drug-likeness (QED) is 0.818. The Labute approximate surface area is 127 Å². The summed E-state index contributed by atoms with van der Waals surface area (Å²) in [4.78, 5) is 0. The minimum Gasteiger partial charge on any atom is -0.304 e. The van der Waals surface area contributed by atoms with Gasteiger partial charge < -0.3 is 5.32 Å². The predicted octanol–water partition coefficient (Wildman–Crippen LogP) is 5.16. The second-order valence-electron chi connectivity index (χ2n) is 5.98. The third-order valence-corrected chi connectivity index (χ3v) is 4.09. The highest BCUT2D eigenvalue weighted by molar-refractivity contribution is 5.33. The fraction of sp³-hybridized carbons (Fsp3) is 0.368. The summed E-state index contributed by atoms with van der Waals surface area (Å²) in [5, 5.41) is 3.55. The Morgan fingerprint density at radius 3 is 2.19 bits per heavy atom. The summed E-state index contributed by atoms with van der Waals surface area (Å²) < 4.78 is 13.7. The molecule has 1 N–H and O–H groups in total. The minimum absolute atomic E-state index is 0.107. The number of hydrogen-bond donors (Lipinski definition) is 1. The fourth-order valence-corrected chi connectivity index (χ4v) is 2.75. The summed E-state index contributed by atoms with van der Waals surface area (Å²) in [6.45, 7) is 10.3. The zero-order chi connectivity index (χ0) is 15.6. The van der Waals surface area contributed by atoms with Gasteiger partial charge in [-0.25, -0.2) is 4.39 Å². The van der Waals surface area contributed by atoms with Crippen LogP contribution < -0.4 is 5.32 Å². The molecule has 0 aliphatic heterocycles. The van der Waals surface area contributed by atoms with E-state index in [0.717, 1.165) is 5.56 Å². The normalized spacial score (nSPS) is 14.0. The predicted molar refractivity (Wildman–Crippen MR) is 87.0 cm³/mol. The molecule has 0 aliphatic rings. The van der Waals surface area contributed by atoms with Crippen molar-refractivity contribution in [2.45, 2.75) is 46.7 Å². The standard InChI is InChI=1S/C19H24FN/c1-12-6-9-18(14(3)10-12)16(5)21-15(4)17-8-7-13(2)19(20)11-17/h6-11,15-16,21H,1-5H3. The molecule has 0 fully saturated rings. The lowest BCUT2D eigenvalue weighted by atomic mass is 9.98. The Morgan fingerprint density at radius 2 is 1.57 bits per heavy atom. The zero-order valence-electron chi connectivity index (χ0n) is 13.5. The number of halogens is 1. The lowest BCUT2D eigenvalue weighted by molar-refractivity contribution is 0.490. The van der Waals surface area contributed by atoms with Crippen molar-refractivity contribution in [3.8, 4) is 0 Å². The first kappa shape index (κ1) is 15.7. The van der Waals surface area contributed by atoms with Gasteiger partial charge in [0.1, 0.15) is 5.82 Å². The maximum atomic E-state index is 13.7. The third kappa shape index (κ3) is 3.70. The van der Waals surface area contributed by atoms with Gasteiger partial charge in [-0.3, -0.25) is 0 Å². The van der Waals surface area contributed by atoms with Crippen molar-refractivity contribution in [3.05, 3.63) is 70.0 Å². The Balaban J connectivity index is 2.14. The molecule has 112 valence electrons. The van der Waals surface area contributed by atoms with Crippen LogP contribution >= 0.6 is 0 Å². The second kappa shape index (κ2) is 6.40. The molecule has 0 heterocycles. The van der Waals surface area contributed by atoms with Gasteiger partial charge in [0.15, 0.2) is 0 Å². The van der Waals surface area contributed by atoms with Crippen LogP contribution in [0.5, 0.6) is 0 Å². The van der Waals surface area contributed by atoms with Crippen molar-refractivity contribution in [3.63, 3.8) is 0 Å². The van der Waals surface area contributed by atoms with Gasteiger partial charge in [-0.2, -0.15) is 0 Å². The maximum Gasteiger partial charge on any atom is 0.126 e. The molecule has 2 unspecified atom stereocenters. The average molecular weight is 285 g/mol. The summed E-state index contributed by atoms with van der Waals surface area (Å²) in [5.74, 6) is -0.139. The number of hydrogen-bond acceptors (Lipinski definition) is 1. The van der Waals surface area contributed by atoms with Crippen molar-refractivity contribution in [2.75, 3.05) is 0 Å². The van der Waals surface area contributed by atoms with Crippen LogP contribution in [-0.4, -0.2) is 0 Å². The summed E-state index contributed by atoms with van der Waals surface area (Å²) in [6, 6.07) is 12.3. The van der Waals surface area contributed by atoms with Crippen molar-refractivity contribution in [2.24, 2.45) is 0 Å². The number of aryl methyl sites for hydroxylation is 3. The molecule has 21 heavy (non-hydrogen) atoms. The van der Waals surface area contributed by atoms with Crippen LogP contribution in [0.3, 0.4) is 0 Å². The molecular weight excluding hydrogens is 261 g/mol. The van der Waals surface area contributed by atoms with E-state index in [0.29, 0.717) is 5.56 Å². The molecular formula is C19H24FN. The molecule has 1 nitrogen and oxygen atoms in total. The van der Waals surface area contributed by atoms with Gasteiger partial charge in [0, 0.05) is 12.1 Å². The highest BCUT2D eigenvalue weighted by Crippen LogP contribution is 2.23. The molecule has 0 spiro atoms. The Kier molecular flexibility index (Phi) is 4.79. The molecule has 2 aromatic carbocycles. The Morgan fingerprint density at radius 1 is 0.857 bits per heavy atom. The smallest absolute Gasteiger partial charge is 0.126 e. The first-order valence-corrected chi connectivity index (χ1v) is 7.47. The molecule has 2 aromatic rings. The van der Waals surface area contributed by atoms with Crippen molar-refractivity contribution in [1.29, 1.82) is 0 Å². The van der Waals surface area contributed by atoms with Gasteiger partial charge >= 0.3 is 0 Å². The maximum absolute atomic E-state index is 13.7. The average Bonchev–Trinajstić information content (AvgIpc) is 2.41. The van der Waals surface area contributed by atoms with E-state index in [2.05, 4.69) is 51.2 Å². The Bertz CT molecular complexity index is 633.